The van der Waals surface area contributed by atoms with Crippen LogP contribution in [0.2, 0.25) is 0 Å². The van der Waals surface area contributed by atoms with Gasteiger partial charge in [-0.05, 0) is 12.5 Å². The molecular weight excluding hydrogens is 323 g/mol. The first-order chi connectivity index (χ1) is 11.5. The van der Waals surface area contributed by atoms with Crippen molar-refractivity contribution in [2.45, 2.75) is 38.6 Å². The number of hydrogen-bond acceptors (Lipinski definition) is 4. The lowest BCUT2D eigenvalue weighted by molar-refractivity contribution is -0.237. The van der Waals surface area contributed by atoms with Crippen LogP contribution in [0.4, 0.5) is 13.2 Å². The number of halogens is 3. The molecule has 2 rings (SSSR count). The summed E-state index contributed by atoms with van der Waals surface area (Å²) >= 11 is 0. The molecule has 0 aliphatic carbocycles. The van der Waals surface area contributed by atoms with Gasteiger partial charge in [-0.1, -0.05) is 25.5 Å². The van der Waals surface area contributed by atoms with E-state index in [0.717, 1.165) is 18.4 Å². The van der Waals surface area contributed by atoms with Gasteiger partial charge in [0.2, 0.25) is 0 Å². The number of unbranched alkanes of at least 4 members (excludes halogenated alkanes) is 1. The monoisotopic (exact) mass is 347 g/mol. The Labute approximate surface area is 140 Å². The molecule has 0 radical (unpaired) electrons. The van der Waals surface area contributed by atoms with E-state index in [2.05, 4.69) is 6.92 Å². The first-order valence-corrected chi connectivity index (χ1v) is 8.15. The van der Waals surface area contributed by atoms with Crippen LogP contribution < -0.4 is 9.47 Å². The highest BCUT2D eigenvalue weighted by Crippen LogP contribution is 2.33. The second-order valence-corrected chi connectivity index (χ2v) is 5.79. The van der Waals surface area contributed by atoms with E-state index in [9.17, 15) is 13.2 Å². The van der Waals surface area contributed by atoms with Crippen LogP contribution in [0.3, 0.4) is 0 Å². The zero-order chi connectivity index (χ0) is 17.6. The summed E-state index contributed by atoms with van der Waals surface area (Å²) in [4.78, 5) is 1.74. The van der Waals surface area contributed by atoms with E-state index < -0.39 is 12.3 Å². The summed E-state index contributed by atoms with van der Waals surface area (Å²) in [5, 5.41) is 0. The Hall–Kier alpha value is -1.47. The maximum absolute atomic E-state index is 12.9. The van der Waals surface area contributed by atoms with Crippen molar-refractivity contribution < 1.29 is 27.4 Å². The van der Waals surface area contributed by atoms with Gasteiger partial charge in [0.1, 0.15) is 0 Å². The Morgan fingerprint density at radius 3 is 2.79 bits per heavy atom. The van der Waals surface area contributed by atoms with E-state index >= 15 is 0 Å². The van der Waals surface area contributed by atoms with Crippen molar-refractivity contribution in [1.82, 2.24) is 4.90 Å². The van der Waals surface area contributed by atoms with E-state index in [-0.39, 0.29) is 13.2 Å². The summed E-state index contributed by atoms with van der Waals surface area (Å²) in [6.45, 7) is 3.34. The van der Waals surface area contributed by atoms with Gasteiger partial charge in [-0.15, -0.1) is 0 Å². The Balaban J connectivity index is 2.10. The van der Waals surface area contributed by atoms with Gasteiger partial charge in [-0.25, -0.2) is 0 Å². The number of hydrogen-bond donors (Lipinski definition) is 0. The number of para-hydroxylation sites is 1. The SMILES string of the molecule is CCCCOc1c(CN2CCOC(C(F)(F)F)C2)cccc1OC. The lowest BCUT2D eigenvalue weighted by Gasteiger charge is -2.34. The molecule has 0 N–H and O–H groups in total. The van der Waals surface area contributed by atoms with Gasteiger partial charge in [-0.2, -0.15) is 13.2 Å². The van der Waals surface area contributed by atoms with Crippen LogP contribution in [-0.4, -0.2) is 50.6 Å². The van der Waals surface area contributed by atoms with Crippen molar-refractivity contribution in [2.75, 3.05) is 33.4 Å². The van der Waals surface area contributed by atoms with Gasteiger partial charge in [-0.3, -0.25) is 4.90 Å². The summed E-state index contributed by atoms with van der Waals surface area (Å²) in [6, 6.07) is 5.48. The molecule has 1 heterocycles. The Morgan fingerprint density at radius 1 is 1.33 bits per heavy atom. The maximum atomic E-state index is 12.9. The largest absolute Gasteiger partial charge is 0.493 e. The summed E-state index contributed by atoms with van der Waals surface area (Å²) in [7, 11) is 1.56. The minimum Gasteiger partial charge on any atom is -0.493 e. The molecule has 0 bridgehead atoms. The van der Waals surface area contributed by atoms with Crippen molar-refractivity contribution >= 4 is 0 Å². The van der Waals surface area contributed by atoms with Crippen LogP contribution in [0.25, 0.3) is 0 Å². The first kappa shape index (κ1) is 18.9. The summed E-state index contributed by atoms with van der Waals surface area (Å²) < 4.78 is 54.6. The van der Waals surface area contributed by atoms with Gasteiger partial charge in [0, 0.05) is 25.2 Å². The predicted molar refractivity (Wildman–Crippen MR) is 84.5 cm³/mol. The van der Waals surface area contributed by atoms with E-state index in [1.807, 2.05) is 12.1 Å². The summed E-state index contributed by atoms with van der Waals surface area (Å²) in [6.07, 6.45) is -4.17. The first-order valence-electron chi connectivity index (χ1n) is 8.15. The minimum atomic E-state index is -4.34. The van der Waals surface area contributed by atoms with Crippen molar-refractivity contribution in [2.24, 2.45) is 0 Å². The number of morpholine rings is 1. The molecule has 24 heavy (non-hydrogen) atoms. The molecule has 1 unspecified atom stereocenters. The number of nitrogens with zero attached hydrogens (tertiary/aromatic N) is 1. The van der Waals surface area contributed by atoms with Crippen LogP contribution in [0.1, 0.15) is 25.3 Å². The van der Waals surface area contributed by atoms with Crippen LogP contribution in [0.5, 0.6) is 11.5 Å². The smallest absolute Gasteiger partial charge is 0.415 e. The molecule has 0 spiro atoms. The fraction of sp³-hybridized carbons (Fsp3) is 0.647. The predicted octanol–water partition coefficient (Wildman–Crippen LogP) is 3.64. The third-order valence-electron chi connectivity index (χ3n) is 3.93. The third-order valence-corrected chi connectivity index (χ3v) is 3.93. The zero-order valence-corrected chi connectivity index (χ0v) is 14.1. The second kappa shape index (κ2) is 8.58. The molecule has 0 amide bonds. The topological polar surface area (TPSA) is 30.9 Å². The molecular formula is C17H24F3NO3. The maximum Gasteiger partial charge on any atom is 0.415 e. The normalized spacial score (nSPS) is 19.3. The molecule has 4 nitrogen and oxygen atoms in total. The Morgan fingerprint density at radius 2 is 2.12 bits per heavy atom. The molecule has 0 saturated carbocycles. The molecule has 1 aromatic carbocycles. The lowest BCUT2D eigenvalue weighted by Crippen LogP contribution is -2.48. The molecule has 1 atom stereocenters. The highest BCUT2D eigenvalue weighted by molar-refractivity contribution is 5.46. The van der Waals surface area contributed by atoms with Crippen molar-refractivity contribution in [3.8, 4) is 11.5 Å². The average molecular weight is 347 g/mol. The number of benzene rings is 1. The van der Waals surface area contributed by atoms with Crippen LogP contribution in [0, 0.1) is 0 Å². The zero-order valence-electron chi connectivity index (χ0n) is 14.1. The molecule has 0 aromatic heterocycles. The van der Waals surface area contributed by atoms with E-state index in [0.29, 0.717) is 31.2 Å². The fourth-order valence-corrected chi connectivity index (χ4v) is 2.61. The van der Waals surface area contributed by atoms with Gasteiger partial charge in [0.05, 0.1) is 20.3 Å². The molecule has 136 valence electrons. The second-order valence-electron chi connectivity index (χ2n) is 5.79. The fourth-order valence-electron chi connectivity index (χ4n) is 2.61. The highest BCUT2D eigenvalue weighted by Gasteiger charge is 2.43. The number of ether oxygens (including phenoxy) is 3. The van der Waals surface area contributed by atoms with Gasteiger partial charge < -0.3 is 14.2 Å². The van der Waals surface area contributed by atoms with E-state index in [4.69, 9.17) is 14.2 Å². The molecule has 1 aromatic rings. The lowest BCUT2D eigenvalue weighted by atomic mass is 10.1. The number of methoxy groups -OCH3 is 1. The molecule has 7 heteroatoms. The molecule has 1 fully saturated rings. The third kappa shape index (κ3) is 5.01. The Kier molecular flexibility index (Phi) is 6.74. The molecule has 1 aliphatic rings. The van der Waals surface area contributed by atoms with E-state index in [1.54, 1.807) is 18.1 Å². The standard InChI is InChI=1S/C17H24F3NO3/c1-3-4-9-24-16-13(6-5-7-14(16)22-2)11-21-8-10-23-15(12-21)17(18,19)20/h5-7,15H,3-4,8-12H2,1-2H3. The number of alkyl halides is 3. The minimum absolute atomic E-state index is 0.0696. The Bertz CT molecular complexity index is 522. The number of rotatable bonds is 7. The quantitative estimate of drug-likeness (QED) is 0.705. The highest BCUT2D eigenvalue weighted by atomic mass is 19.4. The van der Waals surface area contributed by atoms with Crippen molar-refractivity contribution in [3.05, 3.63) is 23.8 Å². The van der Waals surface area contributed by atoms with Crippen molar-refractivity contribution in [3.63, 3.8) is 0 Å². The van der Waals surface area contributed by atoms with Gasteiger partial charge in [0.25, 0.3) is 0 Å². The van der Waals surface area contributed by atoms with Gasteiger partial charge in [0.15, 0.2) is 17.6 Å². The summed E-state index contributed by atoms with van der Waals surface area (Å²) in [5.74, 6) is 1.22. The van der Waals surface area contributed by atoms with Crippen LogP contribution in [0.15, 0.2) is 18.2 Å². The van der Waals surface area contributed by atoms with Gasteiger partial charge >= 0.3 is 6.18 Å². The summed E-state index contributed by atoms with van der Waals surface area (Å²) in [5.41, 5.74) is 0.827. The van der Waals surface area contributed by atoms with Crippen molar-refractivity contribution in [1.29, 1.82) is 0 Å². The van der Waals surface area contributed by atoms with E-state index in [1.165, 1.54) is 0 Å². The van der Waals surface area contributed by atoms with Crippen LogP contribution >= 0.6 is 0 Å². The average Bonchev–Trinajstić information content (AvgIpc) is 2.55. The molecule has 1 aliphatic heterocycles. The molecule has 1 saturated heterocycles. The van der Waals surface area contributed by atoms with Crippen LogP contribution in [-0.2, 0) is 11.3 Å².